The van der Waals surface area contributed by atoms with Crippen LogP contribution in [-0.2, 0) is 0 Å². The van der Waals surface area contributed by atoms with Crippen molar-refractivity contribution >= 4 is 23.2 Å². The fraction of sp³-hybridized carbons (Fsp3) is 0.462. The van der Waals surface area contributed by atoms with Gasteiger partial charge in [0.05, 0.1) is 0 Å². The Kier molecular flexibility index (Phi) is 5.44. The first-order valence-corrected chi connectivity index (χ1v) is 6.29. The second-order valence-corrected chi connectivity index (χ2v) is 5.05. The van der Waals surface area contributed by atoms with E-state index in [0.29, 0.717) is 22.7 Å². The predicted octanol–water partition coefficient (Wildman–Crippen LogP) is 2.06. The molecule has 0 aliphatic carbocycles. The molecule has 100 valence electrons. The van der Waals surface area contributed by atoms with Crippen molar-refractivity contribution in [3.63, 3.8) is 0 Å². The molecule has 0 radical (unpaired) electrons. The fourth-order valence-electron chi connectivity index (χ4n) is 1.71. The highest BCUT2D eigenvalue weighted by molar-refractivity contribution is 6.31. The van der Waals surface area contributed by atoms with Gasteiger partial charge in [0, 0.05) is 28.9 Å². The van der Waals surface area contributed by atoms with Crippen LogP contribution in [0, 0.1) is 5.92 Å². The van der Waals surface area contributed by atoms with Crippen LogP contribution >= 0.6 is 11.6 Å². The summed E-state index contributed by atoms with van der Waals surface area (Å²) in [4.78, 5) is 12.0. The summed E-state index contributed by atoms with van der Waals surface area (Å²) in [5, 5.41) is 12.3. The average Bonchev–Trinajstić information content (AvgIpc) is 2.26. The topological polar surface area (TPSA) is 75.3 Å². The molecule has 1 atom stereocenters. The molecule has 5 heteroatoms. The summed E-state index contributed by atoms with van der Waals surface area (Å²) < 4.78 is 0. The van der Waals surface area contributed by atoms with Crippen LogP contribution in [0.2, 0.25) is 5.02 Å². The number of nitrogen functional groups attached to an aromatic ring is 1. The lowest BCUT2D eigenvalue weighted by Gasteiger charge is -2.21. The fourth-order valence-corrected chi connectivity index (χ4v) is 1.95. The van der Waals surface area contributed by atoms with E-state index in [9.17, 15) is 4.79 Å². The van der Waals surface area contributed by atoms with Gasteiger partial charge in [-0.1, -0.05) is 25.4 Å². The van der Waals surface area contributed by atoms with Crippen molar-refractivity contribution < 1.29 is 9.90 Å². The molecular formula is C13H19ClN2O2. The standard InChI is InChI=1S/C13H19ClN2O2/c1-8(2)12(3-4-17)16-13(18)9-5-10(14)7-11(15)6-9/h5-8,12,17H,3-4,15H2,1-2H3,(H,16,18). The van der Waals surface area contributed by atoms with Gasteiger partial charge in [-0.15, -0.1) is 0 Å². The maximum Gasteiger partial charge on any atom is 0.251 e. The van der Waals surface area contributed by atoms with Crippen molar-refractivity contribution in [2.45, 2.75) is 26.3 Å². The number of hydrogen-bond donors (Lipinski definition) is 3. The number of rotatable bonds is 5. The Labute approximate surface area is 112 Å². The average molecular weight is 271 g/mol. The van der Waals surface area contributed by atoms with E-state index >= 15 is 0 Å². The summed E-state index contributed by atoms with van der Waals surface area (Å²) in [5.74, 6) is 0.0222. The van der Waals surface area contributed by atoms with Crippen LogP contribution in [0.3, 0.4) is 0 Å². The third kappa shape index (κ3) is 4.20. The summed E-state index contributed by atoms with van der Waals surface area (Å²) >= 11 is 5.85. The first-order valence-electron chi connectivity index (χ1n) is 5.92. The molecule has 1 aromatic carbocycles. The smallest absolute Gasteiger partial charge is 0.251 e. The van der Waals surface area contributed by atoms with Crippen molar-refractivity contribution in [3.05, 3.63) is 28.8 Å². The van der Waals surface area contributed by atoms with Crippen LogP contribution in [0.4, 0.5) is 5.69 Å². The molecule has 1 rings (SSSR count). The summed E-state index contributed by atoms with van der Waals surface area (Å²) in [7, 11) is 0. The van der Waals surface area contributed by atoms with Crippen molar-refractivity contribution in [2.24, 2.45) is 5.92 Å². The lowest BCUT2D eigenvalue weighted by Crippen LogP contribution is -2.39. The molecule has 1 amide bonds. The molecule has 0 saturated carbocycles. The van der Waals surface area contributed by atoms with E-state index in [4.69, 9.17) is 22.4 Å². The molecule has 0 heterocycles. The number of nitrogens with two attached hydrogens (primary N) is 1. The van der Waals surface area contributed by atoms with Gasteiger partial charge in [-0.25, -0.2) is 0 Å². The minimum atomic E-state index is -0.226. The van der Waals surface area contributed by atoms with Crippen LogP contribution in [0.5, 0.6) is 0 Å². The van der Waals surface area contributed by atoms with E-state index in [-0.39, 0.29) is 24.5 Å². The highest BCUT2D eigenvalue weighted by atomic mass is 35.5. The van der Waals surface area contributed by atoms with E-state index in [1.807, 2.05) is 13.8 Å². The van der Waals surface area contributed by atoms with Gasteiger partial charge < -0.3 is 16.2 Å². The first-order chi connectivity index (χ1) is 8.43. The van der Waals surface area contributed by atoms with E-state index in [1.165, 1.54) is 0 Å². The van der Waals surface area contributed by atoms with Gasteiger partial charge >= 0.3 is 0 Å². The molecule has 1 aromatic rings. The molecule has 4 nitrogen and oxygen atoms in total. The molecule has 4 N–H and O–H groups in total. The monoisotopic (exact) mass is 270 g/mol. The van der Waals surface area contributed by atoms with Crippen LogP contribution in [0.25, 0.3) is 0 Å². The van der Waals surface area contributed by atoms with Gasteiger partial charge in [0.1, 0.15) is 0 Å². The van der Waals surface area contributed by atoms with E-state index < -0.39 is 0 Å². The molecule has 0 aromatic heterocycles. The molecular weight excluding hydrogens is 252 g/mol. The van der Waals surface area contributed by atoms with Crippen molar-refractivity contribution in [2.75, 3.05) is 12.3 Å². The largest absolute Gasteiger partial charge is 0.399 e. The summed E-state index contributed by atoms with van der Waals surface area (Å²) in [6, 6.07) is 4.68. The van der Waals surface area contributed by atoms with E-state index in [1.54, 1.807) is 18.2 Å². The minimum absolute atomic E-state index is 0.0425. The summed E-state index contributed by atoms with van der Waals surface area (Å²) in [6.07, 6.45) is 0.527. The third-order valence-electron chi connectivity index (χ3n) is 2.74. The number of anilines is 1. The number of amides is 1. The molecule has 0 aliphatic rings. The van der Waals surface area contributed by atoms with Crippen LogP contribution < -0.4 is 11.1 Å². The van der Waals surface area contributed by atoms with E-state index in [2.05, 4.69) is 5.32 Å². The van der Waals surface area contributed by atoms with Gasteiger partial charge in [-0.2, -0.15) is 0 Å². The zero-order valence-corrected chi connectivity index (χ0v) is 11.4. The zero-order valence-electron chi connectivity index (χ0n) is 10.6. The highest BCUT2D eigenvalue weighted by Crippen LogP contribution is 2.17. The van der Waals surface area contributed by atoms with Gasteiger partial charge in [0.25, 0.3) is 5.91 Å². The molecule has 0 fully saturated rings. The lowest BCUT2D eigenvalue weighted by atomic mass is 10.0. The Morgan fingerprint density at radius 1 is 1.44 bits per heavy atom. The number of carbonyl (C=O) groups is 1. The summed E-state index contributed by atoms with van der Waals surface area (Å²) in [5.41, 5.74) is 6.53. The molecule has 18 heavy (non-hydrogen) atoms. The number of carbonyl (C=O) groups excluding carboxylic acids is 1. The Morgan fingerprint density at radius 3 is 2.61 bits per heavy atom. The van der Waals surface area contributed by atoms with Crippen molar-refractivity contribution in [3.8, 4) is 0 Å². The second-order valence-electron chi connectivity index (χ2n) is 4.61. The Bertz CT molecular complexity index is 401. The number of halogens is 1. The van der Waals surface area contributed by atoms with Gasteiger partial charge in [0.2, 0.25) is 0 Å². The maximum absolute atomic E-state index is 12.0. The Morgan fingerprint density at radius 2 is 2.11 bits per heavy atom. The van der Waals surface area contributed by atoms with Crippen LogP contribution in [-0.4, -0.2) is 23.7 Å². The quantitative estimate of drug-likeness (QED) is 0.717. The number of aliphatic hydroxyl groups is 1. The number of hydrogen-bond acceptors (Lipinski definition) is 3. The van der Waals surface area contributed by atoms with Crippen LogP contribution in [0.15, 0.2) is 18.2 Å². The summed E-state index contributed by atoms with van der Waals surface area (Å²) in [6.45, 7) is 4.03. The third-order valence-corrected chi connectivity index (χ3v) is 2.96. The number of aliphatic hydroxyl groups excluding tert-OH is 1. The van der Waals surface area contributed by atoms with Crippen LogP contribution in [0.1, 0.15) is 30.6 Å². The van der Waals surface area contributed by atoms with Crippen molar-refractivity contribution in [1.82, 2.24) is 5.32 Å². The van der Waals surface area contributed by atoms with Gasteiger partial charge in [0.15, 0.2) is 0 Å². The number of benzene rings is 1. The lowest BCUT2D eigenvalue weighted by molar-refractivity contribution is 0.0916. The van der Waals surface area contributed by atoms with Gasteiger partial charge in [-0.05, 0) is 30.5 Å². The maximum atomic E-state index is 12.0. The van der Waals surface area contributed by atoms with Gasteiger partial charge in [-0.3, -0.25) is 4.79 Å². The normalized spacial score (nSPS) is 12.5. The molecule has 0 bridgehead atoms. The Hall–Kier alpha value is -1.26. The predicted molar refractivity (Wildman–Crippen MR) is 73.7 cm³/mol. The zero-order chi connectivity index (χ0) is 13.7. The molecule has 0 aliphatic heterocycles. The molecule has 0 spiro atoms. The molecule has 1 unspecified atom stereocenters. The first kappa shape index (κ1) is 14.8. The second kappa shape index (κ2) is 6.61. The highest BCUT2D eigenvalue weighted by Gasteiger charge is 2.17. The molecule has 0 saturated heterocycles. The SMILES string of the molecule is CC(C)C(CCO)NC(=O)c1cc(N)cc(Cl)c1. The Balaban J connectivity index is 2.80. The van der Waals surface area contributed by atoms with E-state index in [0.717, 1.165) is 0 Å². The minimum Gasteiger partial charge on any atom is -0.399 e. The number of nitrogens with one attached hydrogen (secondary N) is 1. The van der Waals surface area contributed by atoms with Crippen molar-refractivity contribution in [1.29, 1.82) is 0 Å².